The first-order valence-corrected chi connectivity index (χ1v) is 7.24. The van der Waals surface area contributed by atoms with Crippen LogP contribution in [0.4, 0.5) is 0 Å². The fourth-order valence-electron chi connectivity index (χ4n) is 1.92. The van der Waals surface area contributed by atoms with Gasteiger partial charge in [-0.15, -0.1) is 0 Å². The van der Waals surface area contributed by atoms with Crippen LogP contribution in [0, 0.1) is 5.92 Å². The Morgan fingerprint density at radius 2 is 1.76 bits per heavy atom. The van der Waals surface area contributed by atoms with Gasteiger partial charge in [-0.2, -0.15) is 0 Å². The van der Waals surface area contributed by atoms with Gasteiger partial charge in [0.05, 0.1) is 12.0 Å². The van der Waals surface area contributed by atoms with Gasteiger partial charge in [-0.05, 0) is 32.8 Å². The lowest BCUT2D eigenvalue weighted by Gasteiger charge is -2.22. The molecule has 1 rings (SSSR count). The maximum atomic E-state index is 12.1. The summed E-state index contributed by atoms with van der Waals surface area (Å²) < 4.78 is 5.27. The summed E-state index contributed by atoms with van der Waals surface area (Å²) in [6.45, 7) is 7.11. The van der Waals surface area contributed by atoms with Gasteiger partial charge in [-0.25, -0.2) is 0 Å². The minimum atomic E-state index is -0.586. The van der Waals surface area contributed by atoms with Crippen LogP contribution in [0.1, 0.15) is 39.7 Å². The molecule has 0 aromatic heterocycles. The lowest BCUT2D eigenvalue weighted by Crippen LogP contribution is -2.36. The Kier molecular flexibility index (Phi) is 6.09. The van der Waals surface area contributed by atoms with Gasteiger partial charge in [0.2, 0.25) is 0 Å². The van der Waals surface area contributed by atoms with E-state index in [1.54, 1.807) is 27.7 Å². The van der Waals surface area contributed by atoms with Crippen LogP contribution in [0.25, 0.3) is 0 Å². The number of hydrogen-bond acceptors (Lipinski definition) is 4. The summed E-state index contributed by atoms with van der Waals surface area (Å²) in [7, 11) is 0. The third-order valence-corrected chi connectivity index (χ3v) is 3.03. The third kappa shape index (κ3) is 6.54. The van der Waals surface area contributed by atoms with Gasteiger partial charge in [0.25, 0.3) is 0 Å². The Balaban J connectivity index is 2.50. The number of rotatable bonds is 6. The van der Waals surface area contributed by atoms with Crippen molar-refractivity contribution in [3.8, 4) is 0 Å². The molecule has 116 valence electrons. The average Bonchev–Trinajstić information content (AvgIpc) is 2.37. The Bertz CT molecular complexity index is 477. The molecule has 1 aromatic carbocycles. The van der Waals surface area contributed by atoms with Crippen molar-refractivity contribution in [3.63, 3.8) is 0 Å². The second-order valence-electron chi connectivity index (χ2n) is 6.40. The maximum Gasteiger partial charge on any atom is 0.309 e. The normalized spacial score (nSPS) is 14.3. The summed E-state index contributed by atoms with van der Waals surface area (Å²) in [4.78, 5) is 24.0. The van der Waals surface area contributed by atoms with E-state index in [0.717, 1.165) is 5.56 Å². The van der Waals surface area contributed by atoms with Crippen molar-refractivity contribution in [2.75, 3.05) is 0 Å². The summed E-state index contributed by atoms with van der Waals surface area (Å²) >= 11 is 0. The van der Waals surface area contributed by atoms with Gasteiger partial charge in [-0.1, -0.05) is 37.3 Å². The molecular formula is C17H25NO3. The zero-order valence-corrected chi connectivity index (χ0v) is 13.3. The van der Waals surface area contributed by atoms with Crippen LogP contribution in [0.15, 0.2) is 30.3 Å². The second-order valence-corrected chi connectivity index (χ2v) is 6.40. The molecule has 2 atom stereocenters. The quantitative estimate of drug-likeness (QED) is 0.818. The molecule has 0 aliphatic heterocycles. The topological polar surface area (TPSA) is 69.4 Å². The molecule has 0 aliphatic rings. The molecule has 0 fully saturated rings. The summed E-state index contributed by atoms with van der Waals surface area (Å²) in [5.74, 6) is -0.946. The molecule has 0 unspecified atom stereocenters. The van der Waals surface area contributed by atoms with E-state index in [2.05, 4.69) is 0 Å². The number of ether oxygens (including phenoxy) is 1. The highest BCUT2D eigenvalue weighted by molar-refractivity contribution is 5.88. The monoisotopic (exact) mass is 291 g/mol. The van der Waals surface area contributed by atoms with Crippen molar-refractivity contribution < 1.29 is 14.3 Å². The first kappa shape index (κ1) is 17.4. The summed E-state index contributed by atoms with van der Waals surface area (Å²) in [5.41, 5.74) is 6.40. The number of carbonyl (C=O) groups excluding carboxylic acids is 2. The van der Waals surface area contributed by atoms with Gasteiger partial charge in [0.1, 0.15) is 5.60 Å². The summed E-state index contributed by atoms with van der Waals surface area (Å²) in [6.07, 6.45) is 0.601. The van der Waals surface area contributed by atoms with E-state index < -0.39 is 17.6 Å². The summed E-state index contributed by atoms with van der Waals surface area (Å²) in [6, 6.07) is 9.03. The summed E-state index contributed by atoms with van der Waals surface area (Å²) in [5, 5.41) is 0. The number of esters is 1. The fraction of sp³-hybridized carbons (Fsp3) is 0.529. The lowest BCUT2D eigenvalue weighted by molar-refractivity contribution is -0.160. The van der Waals surface area contributed by atoms with Crippen molar-refractivity contribution in [1.29, 1.82) is 0 Å². The van der Waals surface area contributed by atoms with E-state index in [4.69, 9.17) is 10.5 Å². The van der Waals surface area contributed by atoms with Crippen LogP contribution in [0.2, 0.25) is 0 Å². The molecule has 0 heterocycles. The smallest absolute Gasteiger partial charge is 0.309 e. The molecule has 0 aliphatic carbocycles. The highest BCUT2D eigenvalue weighted by Gasteiger charge is 2.25. The molecule has 0 bridgehead atoms. The number of ketones is 1. The predicted molar refractivity (Wildman–Crippen MR) is 82.8 cm³/mol. The van der Waals surface area contributed by atoms with E-state index in [-0.39, 0.29) is 18.2 Å². The Morgan fingerprint density at radius 3 is 2.29 bits per heavy atom. The van der Waals surface area contributed by atoms with Crippen molar-refractivity contribution in [2.24, 2.45) is 11.7 Å². The average molecular weight is 291 g/mol. The number of Topliss-reactive ketones (excluding diaryl/α,β-unsaturated/α-hetero) is 1. The third-order valence-electron chi connectivity index (χ3n) is 3.03. The van der Waals surface area contributed by atoms with E-state index >= 15 is 0 Å². The number of nitrogens with two attached hydrogens (primary N) is 1. The fourth-order valence-corrected chi connectivity index (χ4v) is 1.92. The van der Waals surface area contributed by atoms with Gasteiger partial charge < -0.3 is 10.5 Å². The van der Waals surface area contributed by atoms with Crippen LogP contribution in [0.3, 0.4) is 0 Å². The zero-order valence-electron chi connectivity index (χ0n) is 13.3. The van der Waals surface area contributed by atoms with E-state index in [9.17, 15) is 9.59 Å². The Morgan fingerprint density at radius 1 is 1.19 bits per heavy atom. The van der Waals surface area contributed by atoms with E-state index in [1.165, 1.54) is 0 Å². The minimum absolute atomic E-state index is 0.114. The molecule has 0 spiro atoms. The van der Waals surface area contributed by atoms with Crippen LogP contribution in [-0.4, -0.2) is 23.4 Å². The highest BCUT2D eigenvalue weighted by Crippen LogP contribution is 2.15. The zero-order chi connectivity index (χ0) is 16.0. The maximum absolute atomic E-state index is 12.1. The van der Waals surface area contributed by atoms with Crippen LogP contribution in [0.5, 0.6) is 0 Å². The highest BCUT2D eigenvalue weighted by atomic mass is 16.6. The SMILES string of the molecule is C[C@H](CC(=O)[C@@H](N)Cc1ccccc1)C(=O)OC(C)(C)C. The molecule has 21 heavy (non-hydrogen) atoms. The van der Waals surface area contributed by atoms with Gasteiger partial charge >= 0.3 is 5.97 Å². The van der Waals surface area contributed by atoms with Crippen molar-refractivity contribution >= 4 is 11.8 Å². The first-order chi connectivity index (χ1) is 9.69. The first-order valence-electron chi connectivity index (χ1n) is 7.24. The molecule has 4 heteroatoms. The predicted octanol–water partition coefficient (Wildman–Crippen LogP) is 2.49. The molecule has 0 saturated heterocycles. The van der Waals surface area contributed by atoms with E-state index in [0.29, 0.717) is 6.42 Å². The van der Waals surface area contributed by atoms with Gasteiger partial charge in [0, 0.05) is 6.42 Å². The lowest BCUT2D eigenvalue weighted by atomic mass is 9.96. The molecule has 0 amide bonds. The van der Waals surface area contributed by atoms with Crippen LogP contribution < -0.4 is 5.73 Å². The standard InChI is InChI=1S/C17H25NO3/c1-12(16(20)21-17(2,3)4)10-15(19)14(18)11-13-8-6-5-7-9-13/h5-9,12,14H,10-11,18H2,1-4H3/t12-,14+/m1/s1. The Labute approximate surface area is 126 Å². The van der Waals surface area contributed by atoms with Gasteiger partial charge in [0.15, 0.2) is 5.78 Å². The molecule has 1 aromatic rings. The van der Waals surface area contributed by atoms with Crippen LogP contribution >= 0.6 is 0 Å². The minimum Gasteiger partial charge on any atom is -0.460 e. The van der Waals surface area contributed by atoms with Crippen molar-refractivity contribution in [1.82, 2.24) is 0 Å². The van der Waals surface area contributed by atoms with E-state index in [1.807, 2.05) is 30.3 Å². The molecule has 4 nitrogen and oxygen atoms in total. The number of carbonyl (C=O) groups is 2. The van der Waals surface area contributed by atoms with Crippen molar-refractivity contribution in [3.05, 3.63) is 35.9 Å². The molecule has 2 N–H and O–H groups in total. The van der Waals surface area contributed by atoms with Crippen LogP contribution in [-0.2, 0) is 20.7 Å². The second kappa shape index (κ2) is 7.36. The molecular weight excluding hydrogens is 266 g/mol. The van der Waals surface area contributed by atoms with Gasteiger partial charge in [-0.3, -0.25) is 9.59 Å². The number of hydrogen-bond donors (Lipinski definition) is 1. The molecule has 0 saturated carbocycles. The molecule has 0 radical (unpaired) electrons. The van der Waals surface area contributed by atoms with Crippen molar-refractivity contribution in [2.45, 2.75) is 52.2 Å². The number of benzene rings is 1. The largest absolute Gasteiger partial charge is 0.460 e. The Hall–Kier alpha value is -1.68.